The fourth-order valence-corrected chi connectivity index (χ4v) is 5.11. The molecule has 0 radical (unpaired) electrons. The SMILES string of the molecule is COc1ccc(C(=O)O)cc1-c1ccc([C@H]2CC23CCN(C(=O)C2(O)CC2)CC3)cc1. The number of aromatic carboxylic acids is 1. The Morgan fingerprint density at radius 1 is 1.03 bits per heavy atom. The predicted octanol–water partition coefficient (Wildman–Crippen LogP) is 3.68. The summed E-state index contributed by atoms with van der Waals surface area (Å²) in [6.45, 7) is 1.46. The Labute approximate surface area is 181 Å². The first kappa shape index (κ1) is 20.1. The van der Waals surface area contributed by atoms with E-state index in [1.165, 1.54) is 5.56 Å². The largest absolute Gasteiger partial charge is 0.496 e. The van der Waals surface area contributed by atoms with Crippen LogP contribution in [0.4, 0.5) is 0 Å². The second kappa shape index (κ2) is 7.09. The van der Waals surface area contributed by atoms with Crippen LogP contribution in [-0.4, -0.2) is 52.8 Å². The number of carbonyl (C=O) groups excluding carboxylic acids is 1. The minimum atomic E-state index is -1.07. The maximum Gasteiger partial charge on any atom is 0.335 e. The first-order chi connectivity index (χ1) is 14.8. The molecule has 3 aliphatic rings. The summed E-state index contributed by atoms with van der Waals surface area (Å²) in [4.78, 5) is 25.6. The number of benzene rings is 2. The number of hydrogen-bond donors (Lipinski definition) is 2. The third kappa shape index (κ3) is 3.49. The molecule has 5 rings (SSSR count). The van der Waals surface area contributed by atoms with Gasteiger partial charge in [0.1, 0.15) is 11.4 Å². The summed E-state index contributed by atoms with van der Waals surface area (Å²) in [6.07, 6.45) is 4.30. The number of hydrogen-bond acceptors (Lipinski definition) is 4. The number of methoxy groups -OCH3 is 1. The van der Waals surface area contributed by atoms with Gasteiger partial charge in [-0.05, 0) is 72.8 Å². The number of ether oxygens (including phenoxy) is 1. The van der Waals surface area contributed by atoms with Crippen molar-refractivity contribution in [1.82, 2.24) is 4.90 Å². The molecule has 6 heteroatoms. The molecule has 1 atom stereocenters. The summed E-state index contributed by atoms with van der Waals surface area (Å²) in [6, 6.07) is 13.2. The molecule has 2 aliphatic carbocycles. The number of carboxylic acids is 1. The highest BCUT2D eigenvalue weighted by Gasteiger charge is 2.57. The van der Waals surface area contributed by atoms with E-state index in [4.69, 9.17) is 4.74 Å². The van der Waals surface area contributed by atoms with Gasteiger partial charge in [-0.25, -0.2) is 4.79 Å². The zero-order chi connectivity index (χ0) is 21.8. The van der Waals surface area contributed by atoms with Crippen LogP contribution < -0.4 is 4.74 Å². The lowest BCUT2D eigenvalue weighted by molar-refractivity contribution is -0.144. The number of likely N-dealkylation sites (tertiary alicyclic amines) is 1. The van der Waals surface area contributed by atoms with Crippen LogP contribution in [-0.2, 0) is 4.79 Å². The lowest BCUT2D eigenvalue weighted by Gasteiger charge is -2.34. The summed E-state index contributed by atoms with van der Waals surface area (Å²) in [5, 5.41) is 19.4. The first-order valence-electron chi connectivity index (χ1n) is 10.9. The van der Waals surface area contributed by atoms with Gasteiger partial charge < -0.3 is 19.8 Å². The van der Waals surface area contributed by atoms with Crippen molar-refractivity contribution in [2.45, 2.75) is 43.6 Å². The van der Waals surface area contributed by atoms with Crippen molar-refractivity contribution < 1.29 is 24.5 Å². The monoisotopic (exact) mass is 421 g/mol. The predicted molar refractivity (Wildman–Crippen MR) is 115 cm³/mol. The van der Waals surface area contributed by atoms with Crippen LogP contribution in [0.2, 0.25) is 0 Å². The van der Waals surface area contributed by atoms with Gasteiger partial charge >= 0.3 is 5.97 Å². The molecule has 2 aromatic carbocycles. The van der Waals surface area contributed by atoms with E-state index in [1.807, 2.05) is 17.0 Å². The molecular formula is C25H27NO5. The number of aliphatic hydroxyl groups is 1. The van der Waals surface area contributed by atoms with Crippen LogP contribution in [0.3, 0.4) is 0 Å². The summed E-state index contributed by atoms with van der Waals surface area (Å²) in [5.41, 5.74) is 2.42. The van der Waals surface area contributed by atoms with E-state index in [2.05, 4.69) is 12.1 Å². The Morgan fingerprint density at radius 2 is 1.71 bits per heavy atom. The lowest BCUT2D eigenvalue weighted by Crippen LogP contribution is -2.45. The molecule has 3 fully saturated rings. The van der Waals surface area contributed by atoms with Crippen LogP contribution in [0.25, 0.3) is 11.1 Å². The normalized spacial score (nSPS) is 22.8. The summed E-state index contributed by atoms with van der Waals surface area (Å²) < 4.78 is 5.43. The van der Waals surface area contributed by atoms with Crippen LogP contribution in [0, 0.1) is 5.41 Å². The second-order valence-electron chi connectivity index (χ2n) is 9.29. The Hall–Kier alpha value is -2.86. The van der Waals surface area contributed by atoms with Crippen molar-refractivity contribution in [3.63, 3.8) is 0 Å². The van der Waals surface area contributed by atoms with Gasteiger partial charge in [0, 0.05) is 18.7 Å². The van der Waals surface area contributed by atoms with Gasteiger partial charge in [0.05, 0.1) is 12.7 Å². The van der Waals surface area contributed by atoms with Crippen LogP contribution in [0.5, 0.6) is 5.75 Å². The number of rotatable bonds is 5. The fraction of sp³-hybridized carbons (Fsp3) is 0.440. The third-order valence-electron chi connectivity index (χ3n) is 7.43. The molecule has 1 aliphatic heterocycles. The number of nitrogens with zero attached hydrogens (tertiary/aromatic N) is 1. The molecule has 0 unspecified atom stereocenters. The standard InChI is InChI=1S/C25H27NO5/c1-31-21-7-6-18(22(27)28)14-19(21)16-2-4-17(5-3-16)20-15-24(20)10-12-26(13-11-24)23(29)25(30)8-9-25/h2-7,14,20,30H,8-13,15H2,1H3,(H,27,28)/t20-/m1/s1. The molecule has 1 amide bonds. The van der Waals surface area contributed by atoms with E-state index in [1.54, 1.807) is 25.3 Å². The average molecular weight is 421 g/mol. The molecule has 6 nitrogen and oxygen atoms in total. The third-order valence-corrected chi connectivity index (χ3v) is 7.43. The highest BCUT2D eigenvalue weighted by atomic mass is 16.5. The smallest absolute Gasteiger partial charge is 0.335 e. The van der Waals surface area contributed by atoms with E-state index >= 15 is 0 Å². The van der Waals surface area contributed by atoms with Crippen LogP contribution in [0.1, 0.15) is 53.9 Å². The highest BCUT2D eigenvalue weighted by Crippen LogP contribution is 2.65. The topological polar surface area (TPSA) is 87.1 Å². The van der Waals surface area contributed by atoms with Crippen molar-refractivity contribution in [1.29, 1.82) is 0 Å². The summed E-state index contributed by atoms with van der Waals surface area (Å²) >= 11 is 0. The van der Waals surface area contributed by atoms with Gasteiger partial charge in [0.25, 0.3) is 5.91 Å². The van der Waals surface area contributed by atoms with Crippen molar-refractivity contribution in [2.24, 2.45) is 5.41 Å². The second-order valence-corrected chi connectivity index (χ2v) is 9.29. The zero-order valence-corrected chi connectivity index (χ0v) is 17.6. The quantitative estimate of drug-likeness (QED) is 0.769. The van der Waals surface area contributed by atoms with E-state index in [-0.39, 0.29) is 16.9 Å². The molecule has 2 saturated carbocycles. The number of carbonyl (C=O) groups is 2. The molecule has 1 heterocycles. The van der Waals surface area contributed by atoms with Crippen molar-refractivity contribution in [3.05, 3.63) is 53.6 Å². The maximum atomic E-state index is 12.4. The number of amides is 1. The van der Waals surface area contributed by atoms with Gasteiger partial charge in [-0.2, -0.15) is 0 Å². The Kier molecular flexibility index (Phi) is 4.59. The van der Waals surface area contributed by atoms with E-state index < -0.39 is 11.6 Å². The first-order valence-corrected chi connectivity index (χ1v) is 10.9. The van der Waals surface area contributed by atoms with Crippen LogP contribution in [0.15, 0.2) is 42.5 Å². The van der Waals surface area contributed by atoms with Crippen LogP contribution >= 0.6 is 0 Å². The average Bonchev–Trinajstić information content (AvgIpc) is 3.71. The fourth-order valence-electron chi connectivity index (χ4n) is 5.11. The van der Waals surface area contributed by atoms with Gasteiger partial charge in [-0.3, -0.25) is 4.79 Å². The van der Waals surface area contributed by atoms with Gasteiger partial charge in [-0.15, -0.1) is 0 Å². The van der Waals surface area contributed by atoms with Gasteiger partial charge in [0.2, 0.25) is 0 Å². The Balaban J connectivity index is 1.29. The number of piperidine rings is 1. The molecular weight excluding hydrogens is 394 g/mol. The Bertz CT molecular complexity index is 1030. The molecule has 0 aromatic heterocycles. The van der Waals surface area contributed by atoms with Crippen molar-refractivity contribution >= 4 is 11.9 Å². The van der Waals surface area contributed by atoms with E-state index in [9.17, 15) is 19.8 Å². The molecule has 1 spiro atoms. The van der Waals surface area contributed by atoms with E-state index in [0.29, 0.717) is 24.5 Å². The summed E-state index contributed by atoms with van der Waals surface area (Å²) in [5.74, 6) is 0.102. The molecule has 1 saturated heterocycles. The molecule has 2 aromatic rings. The lowest BCUT2D eigenvalue weighted by atomic mass is 9.88. The van der Waals surface area contributed by atoms with Crippen molar-refractivity contribution in [3.8, 4) is 16.9 Å². The minimum absolute atomic E-state index is 0.0820. The van der Waals surface area contributed by atoms with Crippen molar-refractivity contribution in [2.75, 3.05) is 20.2 Å². The molecule has 2 N–H and O–H groups in total. The maximum absolute atomic E-state index is 12.4. The molecule has 162 valence electrons. The zero-order valence-electron chi connectivity index (χ0n) is 17.6. The molecule has 0 bridgehead atoms. The highest BCUT2D eigenvalue weighted by molar-refractivity contribution is 5.90. The number of carboxylic acid groups (broad SMARTS) is 1. The van der Waals surface area contributed by atoms with Gasteiger partial charge in [-0.1, -0.05) is 24.3 Å². The molecule has 31 heavy (non-hydrogen) atoms. The van der Waals surface area contributed by atoms with Gasteiger partial charge in [0.15, 0.2) is 0 Å². The Morgan fingerprint density at radius 3 is 2.29 bits per heavy atom. The summed E-state index contributed by atoms with van der Waals surface area (Å²) in [7, 11) is 1.58. The minimum Gasteiger partial charge on any atom is -0.496 e. The van der Waals surface area contributed by atoms with E-state index in [0.717, 1.165) is 43.5 Å².